The van der Waals surface area contributed by atoms with Crippen LogP contribution in [0.15, 0.2) is 72.8 Å². The summed E-state index contributed by atoms with van der Waals surface area (Å²) in [4.78, 5) is 0. The van der Waals surface area contributed by atoms with Crippen LogP contribution in [0.4, 0.5) is 22.7 Å². The van der Waals surface area contributed by atoms with Gasteiger partial charge in [-0.2, -0.15) is 0 Å². The van der Waals surface area contributed by atoms with Crippen LogP contribution in [0.25, 0.3) is 0 Å². The van der Waals surface area contributed by atoms with Crippen LogP contribution in [0.3, 0.4) is 0 Å². The van der Waals surface area contributed by atoms with Crippen molar-refractivity contribution in [2.45, 2.75) is 39.3 Å². The molecule has 0 unspecified atom stereocenters. The molecule has 0 aliphatic carbocycles. The molecule has 0 spiro atoms. The summed E-state index contributed by atoms with van der Waals surface area (Å²) in [5.41, 5.74) is 4.39. The van der Waals surface area contributed by atoms with E-state index in [-0.39, 0.29) is 0 Å². The zero-order valence-corrected chi connectivity index (χ0v) is 19.9. The summed E-state index contributed by atoms with van der Waals surface area (Å²) in [5, 5.41) is 10.1. The molecule has 146 valence electrons. The van der Waals surface area contributed by atoms with Gasteiger partial charge >= 0.3 is 0 Å². The van der Waals surface area contributed by atoms with Crippen LogP contribution in [0.1, 0.15) is 0 Å². The fraction of sp³-hybridized carbons (Fsp3) is 0.250. The number of hydrogen-bond donors (Lipinski definition) is 2. The topological polar surface area (TPSA) is 24.1 Å². The minimum absolute atomic E-state index is 1.08. The van der Waals surface area contributed by atoms with Gasteiger partial charge in [0.2, 0.25) is 0 Å². The van der Waals surface area contributed by atoms with Gasteiger partial charge in [-0.05, 0) is 36.4 Å². The van der Waals surface area contributed by atoms with E-state index in [0.29, 0.717) is 0 Å². The summed E-state index contributed by atoms with van der Waals surface area (Å²) in [6.07, 6.45) is 0. The molecule has 0 aliphatic heterocycles. The van der Waals surface area contributed by atoms with Crippen molar-refractivity contribution >= 4 is 49.3 Å². The molecule has 0 aromatic heterocycles. The number of anilines is 4. The summed E-state index contributed by atoms with van der Waals surface area (Å²) in [6.45, 7) is 14.3. The first-order valence-corrected chi connectivity index (χ1v) is 17.0. The molecule has 0 bridgehead atoms. The number of benzene rings is 3. The van der Waals surface area contributed by atoms with Crippen molar-refractivity contribution in [1.82, 2.24) is 0 Å². The van der Waals surface area contributed by atoms with Crippen molar-refractivity contribution < 1.29 is 0 Å². The van der Waals surface area contributed by atoms with Crippen molar-refractivity contribution in [3.63, 3.8) is 0 Å². The first kappa shape index (κ1) is 20.4. The molecule has 0 radical (unpaired) electrons. The normalized spacial score (nSPS) is 11.9. The molecule has 3 aromatic rings. The summed E-state index contributed by atoms with van der Waals surface area (Å²) in [5.74, 6) is 0. The van der Waals surface area contributed by atoms with Crippen LogP contribution in [0.5, 0.6) is 0 Å². The van der Waals surface area contributed by atoms with E-state index in [2.05, 4.69) is 123 Å². The lowest BCUT2D eigenvalue weighted by molar-refractivity contribution is 1.50. The van der Waals surface area contributed by atoms with Gasteiger partial charge in [-0.1, -0.05) is 86.1 Å². The Morgan fingerprint density at radius 1 is 0.464 bits per heavy atom. The van der Waals surface area contributed by atoms with Crippen molar-refractivity contribution in [1.29, 1.82) is 0 Å². The highest BCUT2D eigenvalue weighted by Gasteiger charge is 2.16. The van der Waals surface area contributed by atoms with E-state index < -0.39 is 16.1 Å². The van der Waals surface area contributed by atoms with Crippen LogP contribution in [0.2, 0.25) is 39.3 Å². The molecule has 3 rings (SSSR count). The molecular formula is C24H32N2Si2. The van der Waals surface area contributed by atoms with Crippen molar-refractivity contribution in [3.05, 3.63) is 72.8 Å². The average Bonchev–Trinajstić information content (AvgIpc) is 2.63. The quantitative estimate of drug-likeness (QED) is 0.473. The van der Waals surface area contributed by atoms with E-state index in [1.54, 1.807) is 0 Å². The highest BCUT2D eigenvalue weighted by molar-refractivity contribution is 6.89. The third kappa shape index (κ3) is 5.15. The second-order valence-electron chi connectivity index (χ2n) is 9.45. The Morgan fingerprint density at radius 2 is 0.786 bits per heavy atom. The summed E-state index contributed by atoms with van der Waals surface area (Å²) in [6, 6.07) is 26.2. The lowest BCUT2D eigenvalue weighted by Crippen LogP contribution is -2.37. The highest BCUT2D eigenvalue weighted by atomic mass is 28.3. The molecule has 0 heterocycles. The first-order valence-electron chi connectivity index (χ1n) is 9.97. The molecule has 0 saturated carbocycles. The van der Waals surface area contributed by atoms with Crippen molar-refractivity contribution in [2.24, 2.45) is 0 Å². The number of rotatable bonds is 6. The zero-order valence-electron chi connectivity index (χ0n) is 17.9. The average molecular weight is 405 g/mol. The maximum absolute atomic E-state index is 3.57. The van der Waals surface area contributed by atoms with Gasteiger partial charge in [-0.25, -0.2) is 0 Å². The number of nitrogens with one attached hydrogen (secondary N) is 2. The molecule has 4 heteroatoms. The molecule has 0 aliphatic rings. The second-order valence-corrected chi connectivity index (χ2v) is 19.6. The summed E-state index contributed by atoms with van der Waals surface area (Å²) < 4.78 is 0. The third-order valence-corrected chi connectivity index (χ3v) is 9.12. The molecule has 2 nitrogen and oxygen atoms in total. The predicted octanol–water partition coefficient (Wildman–Crippen LogP) is 6.26. The Kier molecular flexibility index (Phi) is 5.82. The summed E-state index contributed by atoms with van der Waals surface area (Å²) in [7, 11) is -2.53. The van der Waals surface area contributed by atoms with Gasteiger partial charge in [0, 0.05) is 11.4 Å². The number of hydrogen-bond acceptors (Lipinski definition) is 2. The third-order valence-electron chi connectivity index (χ3n) is 4.99. The maximum atomic E-state index is 3.57. The Hall–Kier alpha value is -2.31. The van der Waals surface area contributed by atoms with Gasteiger partial charge in [0.15, 0.2) is 0 Å². The van der Waals surface area contributed by atoms with Crippen LogP contribution in [0, 0.1) is 0 Å². The molecule has 0 atom stereocenters. The van der Waals surface area contributed by atoms with E-state index in [1.807, 2.05) is 0 Å². The summed E-state index contributed by atoms with van der Waals surface area (Å²) >= 11 is 0. The van der Waals surface area contributed by atoms with Crippen molar-refractivity contribution in [3.8, 4) is 0 Å². The highest BCUT2D eigenvalue weighted by Crippen LogP contribution is 2.28. The molecule has 2 N–H and O–H groups in total. The SMILES string of the molecule is C[Si](C)(C)c1ccc(Nc2ccccc2Nc2ccc([Si](C)(C)C)cc2)cc1. The Balaban J connectivity index is 1.78. The molecular weight excluding hydrogens is 372 g/mol. The van der Waals surface area contributed by atoms with Crippen LogP contribution < -0.4 is 21.0 Å². The van der Waals surface area contributed by atoms with Gasteiger partial charge in [0.05, 0.1) is 27.5 Å². The predicted molar refractivity (Wildman–Crippen MR) is 132 cm³/mol. The van der Waals surface area contributed by atoms with E-state index in [9.17, 15) is 0 Å². The Labute approximate surface area is 172 Å². The Morgan fingerprint density at radius 3 is 1.07 bits per heavy atom. The van der Waals surface area contributed by atoms with Crippen LogP contribution >= 0.6 is 0 Å². The molecule has 0 saturated heterocycles. The van der Waals surface area contributed by atoms with Gasteiger partial charge in [-0.15, -0.1) is 0 Å². The first-order chi connectivity index (χ1) is 13.1. The van der Waals surface area contributed by atoms with Crippen LogP contribution in [-0.4, -0.2) is 16.1 Å². The minimum atomic E-state index is -1.27. The second kappa shape index (κ2) is 7.97. The van der Waals surface area contributed by atoms with Crippen molar-refractivity contribution in [2.75, 3.05) is 10.6 Å². The lowest BCUT2D eigenvalue weighted by Gasteiger charge is -2.19. The van der Waals surface area contributed by atoms with Gasteiger partial charge < -0.3 is 10.6 Å². The fourth-order valence-corrected chi connectivity index (χ4v) is 5.45. The Bertz CT molecular complexity index is 840. The zero-order chi connectivity index (χ0) is 20.4. The van der Waals surface area contributed by atoms with Gasteiger partial charge in [0.1, 0.15) is 0 Å². The van der Waals surface area contributed by atoms with E-state index in [0.717, 1.165) is 22.7 Å². The molecule has 28 heavy (non-hydrogen) atoms. The smallest absolute Gasteiger partial charge is 0.0775 e. The molecule has 3 aromatic carbocycles. The maximum Gasteiger partial charge on any atom is 0.0775 e. The molecule has 0 amide bonds. The van der Waals surface area contributed by atoms with Gasteiger partial charge in [0.25, 0.3) is 0 Å². The minimum Gasteiger partial charge on any atom is -0.354 e. The van der Waals surface area contributed by atoms with E-state index in [4.69, 9.17) is 0 Å². The fourth-order valence-electron chi connectivity index (χ4n) is 3.12. The standard InChI is InChI=1S/C24H32N2Si2/c1-27(2,3)21-15-11-19(12-16-21)25-23-9-7-8-10-24(23)26-20-13-17-22(18-14-20)28(4,5)6/h7-18,25-26H,1-6H3. The van der Waals surface area contributed by atoms with E-state index in [1.165, 1.54) is 10.4 Å². The van der Waals surface area contributed by atoms with Gasteiger partial charge in [-0.3, -0.25) is 0 Å². The lowest BCUT2D eigenvalue weighted by atomic mass is 10.2. The van der Waals surface area contributed by atoms with Crippen LogP contribution in [-0.2, 0) is 0 Å². The molecule has 0 fully saturated rings. The largest absolute Gasteiger partial charge is 0.354 e. The number of para-hydroxylation sites is 2. The monoisotopic (exact) mass is 404 g/mol. The van der Waals surface area contributed by atoms with E-state index >= 15 is 0 Å².